The summed E-state index contributed by atoms with van der Waals surface area (Å²) in [6.45, 7) is 4.04. The Hall–Kier alpha value is -3.70. The average molecular weight is 512 g/mol. The normalized spacial score (nSPS) is 11.3. The second-order valence-corrected chi connectivity index (χ2v) is 11.1. The van der Waals surface area contributed by atoms with Crippen molar-refractivity contribution in [1.29, 1.82) is 0 Å². The predicted octanol–water partition coefficient (Wildman–Crippen LogP) is 7.16. The van der Waals surface area contributed by atoms with Crippen LogP contribution in [-0.2, 0) is 29.3 Å². The highest BCUT2D eigenvalue weighted by Gasteiger charge is 2.32. The number of carbonyl (C=O) groups excluding carboxylic acids is 1. The third-order valence-corrected chi connectivity index (χ3v) is 8.23. The smallest absolute Gasteiger partial charge is 0.268 e. The first-order chi connectivity index (χ1) is 17.9. The molecule has 4 rings (SSSR count). The number of amides is 1. The second kappa shape index (κ2) is 12.0. The molecule has 0 fully saturated rings. The fraction of sp³-hybridized carbons (Fsp3) is 0.219. The van der Waals surface area contributed by atoms with Crippen molar-refractivity contribution in [2.45, 2.75) is 50.8 Å². The van der Waals surface area contributed by atoms with Gasteiger partial charge in [-0.15, -0.1) is 0 Å². The van der Waals surface area contributed by atoms with Crippen molar-refractivity contribution in [3.05, 3.63) is 131 Å². The van der Waals surface area contributed by atoms with E-state index >= 15 is 0 Å². The zero-order chi connectivity index (χ0) is 26.3. The molecule has 0 aliphatic heterocycles. The molecular weight excluding hydrogens is 478 g/mol. The monoisotopic (exact) mass is 511 g/mol. The molecule has 5 heteroatoms. The zero-order valence-electron chi connectivity index (χ0n) is 21.4. The third-order valence-electron chi connectivity index (χ3n) is 6.51. The Morgan fingerprint density at radius 1 is 0.703 bits per heavy atom. The van der Waals surface area contributed by atoms with Crippen molar-refractivity contribution >= 4 is 21.6 Å². The molecule has 0 aliphatic carbocycles. The Kier molecular flexibility index (Phi) is 8.57. The summed E-state index contributed by atoms with van der Waals surface area (Å²) in [5.41, 5.74) is 4.78. The van der Waals surface area contributed by atoms with E-state index in [-0.39, 0.29) is 4.90 Å². The molecule has 0 saturated heterocycles. The van der Waals surface area contributed by atoms with Crippen LogP contribution in [0.15, 0.2) is 108 Å². The molecule has 4 aromatic rings. The van der Waals surface area contributed by atoms with Crippen LogP contribution in [0.1, 0.15) is 52.4 Å². The van der Waals surface area contributed by atoms with Crippen molar-refractivity contribution in [1.82, 2.24) is 0 Å². The van der Waals surface area contributed by atoms with Crippen molar-refractivity contribution in [2.75, 3.05) is 4.31 Å². The van der Waals surface area contributed by atoms with Gasteiger partial charge in [0.25, 0.3) is 15.9 Å². The first-order valence-corrected chi connectivity index (χ1v) is 14.2. The number of unbranched alkanes of at least 4 members (excludes halogenated alkanes) is 1. The topological polar surface area (TPSA) is 54.5 Å². The van der Waals surface area contributed by atoms with Gasteiger partial charge in [0.15, 0.2) is 0 Å². The van der Waals surface area contributed by atoms with E-state index in [0.717, 1.165) is 52.2 Å². The molecule has 0 radical (unpaired) electrons. The number of sulfonamides is 1. The largest absolute Gasteiger partial charge is 0.272 e. The van der Waals surface area contributed by atoms with Crippen molar-refractivity contribution in [3.63, 3.8) is 0 Å². The Labute approximate surface area is 220 Å². The number of anilines is 1. The lowest BCUT2D eigenvalue weighted by atomic mass is 9.99. The van der Waals surface area contributed by atoms with E-state index in [1.54, 1.807) is 48.5 Å². The molecule has 0 N–H and O–H groups in total. The van der Waals surface area contributed by atoms with Gasteiger partial charge < -0.3 is 0 Å². The third kappa shape index (κ3) is 6.36. The molecule has 0 heterocycles. The second-order valence-electron chi connectivity index (χ2n) is 9.30. The first kappa shape index (κ1) is 26.4. The van der Waals surface area contributed by atoms with Crippen LogP contribution in [0, 0.1) is 6.92 Å². The lowest BCUT2D eigenvalue weighted by Gasteiger charge is -2.24. The first-order valence-electron chi connectivity index (χ1n) is 12.8. The molecule has 190 valence electrons. The van der Waals surface area contributed by atoms with E-state index < -0.39 is 15.9 Å². The molecule has 0 aromatic heterocycles. The van der Waals surface area contributed by atoms with Crippen molar-refractivity contribution in [3.8, 4) is 0 Å². The summed E-state index contributed by atoms with van der Waals surface area (Å²) in [7, 11) is -4.15. The van der Waals surface area contributed by atoms with Crippen LogP contribution in [0.2, 0.25) is 0 Å². The maximum Gasteiger partial charge on any atom is 0.272 e. The Balaban J connectivity index is 1.74. The summed E-state index contributed by atoms with van der Waals surface area (Å²) in [4.78, 5) is 14.2. The van der Waals surface area contributed by atoms with Crippen molar-refractivity contribution in [2.24, 2.45) is 0 Å². The summed E-state index contributed by atoms with van der Waals surface area (Å²) < 4.78 is 28.8. The van der Waals surface area contributed by atoms with Crippen LogP contribution in [0.5, 0.6) is 0 Å². The van der Waals surface area contributed by atoms with Gasteiger partial charge in [-0.1, -0.05) is 91.7 Å². The molecule has 0 atom stereocenters. The minimum absolute atomic E-state index is 0.0864. The Bertz CT molecular complexity index is 1430. The lowest BCUT2D eigenvalue weighted by molar-refractivity contribution is 0.100. The highest BCUT2D eigenvalue weighted by molar-refractivity contribution is 7.93. The number of rotatable bonds is 10. The molecule has 0 saturated carbocycles. The van der Waals surface area contributed by atoms with Crippen LogP contribution < -0.4 is 4.31 Å². The number of benzene rings is 4. The molecule has 0 bridgehead atoms. The van der Waals surface area contributed by atoms with E-state index in [9.17, 15) is 13.2 Å². The predicted molar refractivity (Wildman–Crippen MR) is 151 cm³/mol. The van der Waals surface area contributed by atoms with Gasteiger partial charge >= 0.3 is 0 Å². The van der Waals surface area contributed by atoms with Gasteiger partial charge in [0, 0.05) is 5.56 Å². The molecule has 0 spiro atoms. The minimum atomic E-state index is -4.15. The van der Waals surface area contributed by atoms with Crippen LogP contribution in [0.3, 0.4) is 0 Å². The van der Waals surface area contributed by atoms with Gasteiger partial charge in [-0.25, -0.2) is 8.42 Å². The molecule has 0 aliphatic rings. The Morgan fingerprint density at radius 2 is 1.32 bits per heavy atom. The van der Waals surface area contributed by atoms with Gasteiger partial charge in [0.05, 0.1) is 10.6 Å². The summed E-state index contributed by atoms with van der Waals surface area (Å²) >= 11 is 0. The van der Waals surface area contributed by atoms with Crippen LogP contribution >= 0.6 is 0 Å². The number of carbonyl (C=O) groups is 1. The Morgan fingerprint density at radius 3 is 2.00 bits per heavy atom. The van der Waals surface area contributed by atoms with Crippen LogP contribution in [0.4, 0.5) is 5.69 Å². The lowest BCUT2D eigenvalue weighted by Crippen LogP contribution is -2.37. The van der Waals surface area contributed by atoms with Gasteiger partial charge in [-0.05, 0) is 79.6 Å². The zero-order valence-corrected chi connectivity index (χ0v) is 22.2. The number of hydrogen-bond donors (Lipinski definition) is 0. The van der Waals surface area contributed by atoms with Gasteiger partial charge in [0.2, 0.25) is 0 Å². The number of nitrogens with zero attached hydrogens (tertiary/aromatic N) is 1. The minimum Gasteiger partial charge on any atom is -0.268 e. The van der Waals surface area contributed by atoms with Crippen LogP contribution in [0.25, 0.3) is 0 Å². The molecular formula is C32H33NO3S. The van der Waals surface area contributed by atoms with E-state index in [1.807, 2.05) is 49.4 Å². The van der Waals surface area contributed by atoms with Crippen molar-refractivity contribution < 1.29 is 13.2 Å². The maximum absolute atomic E-state index is 14.1. The van der Waals surface area contributed by atoms with E-state index in [2.05, 4.69) is 19.1 Å². The fourth-order valence-corrected chi connectivity index (χ4v) is 5.75. The molecule has 1 amide bonds. The number of aryl methyl sites for hydroxylation is 4. The highest BCUT2D eigenvalue weighted by atomic mass is 32.2. The molecule has 37 heavy (non-hydrogen) atoms. The van der Waals surface area contributed by atoms with E-state index in [4.69, 9.17) is 0 Å². The quantitative estimate of drug-likeness (QED) is 0.227. The summed E-state index contributed by atoms with van der Waals surface area (Å²) in [6.07, 6.45) is 4.42. The molecule has 4 aromatic carbocycles. The SMILES string of the molecule is CCCCc1ccc(N(C(=O)c2ccccc2CCc2ccccc2)S(=O)(=O)c2ccc(C)cc2)cc1. The maximum atomic E-state index is 14.1. The summed E-state index contributed by atoms with van der Waals surface area (Å²) in [5, 5.41) is 0. The van der Waals surface area contributed by atoms with Gasteiger partial charge in [-0.3, -0.25) is 4.79 Å². The molecule has 4 nitrogen and oxygen atoms in total. The van der Waals surface area contributed by atoms with Gasteiger partial charge in [-0.2, -0.15) is 4.31 Å². The summed E-state index contributed by atoms with van der Waals surface area (Å²) in [5.74, 6) is -0.550. The number of hydrogen-bond acceptors (Lipinski definition) is 3. The highest BCUT2D eigenvalue weighted by Crippen LogP contribution is 2.28. The summed E-state index contributed by atoms with van der Waals surface area (Å²) in [6, 6.07) is 31.3. The van der Waals surface area contributed by atoms with E-state index in [1.165, 1.54) is 0 Å². The standard InChI is InChI=1S/C32H33NO3S/c1-3-4-10-27-18-21-29(22-19-27)33(37(35,36)30-23-15-25(2)16-24-30)32(34)31-14-9-8-13-28(31)20-17-26-11-6-5-7-12-26/h5-9,11-16,18-19,21-24H,3-4,10,17,20H2,1-2H3. The van der Waals surface area contributed by atoms with Gasteiger partial charge in [0.1, 0.15) is 0 Å². The average Bonchev–Trinajstić information content (AvgIpc) is 2.92. The fourth-order valence-electron chi connectivity index (χ4n) is 4.34. The molecule has 0 unspecified atom stereocenters. The van der Waals surface area contributed by atoms with Crippen LogP contribution in [-0.4, -0.2) is 14.3 Å². The van der Waals surface area contributed by atoms with E-state index in [0.29, 0.717) is 17.7 Å².